The third-order valence-electron chi connectivity index (χ3n) is 1.64. The van der Waals surface area contributed by atoms with Gasteiger partial charge in [-0.3, -0.25) is 4.79 Å². The predicted molar refractivity (Wildman–Crippen MR) is 44.4 cm³/mol. The highest BCUT2D eigenvalue weighted by molar-refractivity contribution is 5.19. The molecule has 0 bridgehead atoms. The maximum atomic E-state index is 10.9. The van der Waals surface area contributed by atoms with Gasteiger partial charge in [-0.15, -0.1) is 0 Å². The van der Waals surface area contributed by atoms with Crippen molar-refractivity contribution in [3.8, 4) is 0 Å². The molecule has 3 nitrogen and oxygen atoms in total. The van der Waals surface area contributed by atoms with Crippen molar-refractivity contribution in [1.82, 2.24) is 4.98 Å². The molecular formula is C8H12N2O. The van der Waals surface area contributed by atoms with Crippen molar-refractivity contribution in [2.45, 2.75) is 19.9 Å². The van der Waals surface area contributed by atoms with Gasteiger partial charge in [-0.2, -0.15) is 0 Å². The molecule has 0 aliphatic carbocycles. The van der Waals surface area contributed by atoms with Crippen LogP contribution in [0.3, 0.4) is 0 Å². The standard InChI is InChI=1S/C8H12N2O/c1-5-3-7(6(2)9)4-10-8(5)11/h3-4,6H,9H2,1-2H3,(H,10,11). The Balaban J connectivity index is 3.15. The quantitative estimate of drug-likeness (QED) is 0.622. The van der Waals surface area contributed by atoms with Gasteiger partial charge in [0.1, 0.15) is 0 Å². The Morgan fingerprint density at radius 3 is 2.73 bits per heavy atom. The van der Waals surface area contributed by atoms with Gasteiger partial charge in [0.25, 0.3) is 5.56 Å². The Labute approximate surface area is 65.2 Å². The summed E-state index contributed by atoms with van der Waals surface area (Å²) in [5.74, 6) is 0. The summed E-state index contributed by atoms with van der Waals surface area (Å²) in [7, 11) is 0. The Morgan fingerprint density at radius 2 is 2.27 bits per heavy atom. The van der Waals surface area contributed by atoms with Crippen molar-refractivity contribution >= 4 is 0 Å². The second-order valence-electron chi connectivity index (χ2n) is 2.73. The van der Waals surface area contributed by atoms with E-state index in [0.29, 0.717) is 5.56 Å². The monoisotopic (exact) mass is 152 g/mol. The number of hydrogen-bond acceptors (Lipinski definition) is 2. The summed E-state index contributed by atoms with van der Waals surface area (Å²) >= 11 is 0. The SMILES string of the molecule is Cc1cc(C(C)N)c[nH]c1=O. The number of aromatic nitrogens is 1. The highest BCUT2D eigenvalue weighted by atomic mass is 16.1. The number of hydrogen-bond donors (Lipinski definition) is 2. The van der Waals surface area contributed by atoms with Crippen molar-refractivity contribution in [2.24, 2.45) is 5.73 Å². The molecule has 0 saturated heterocycles. The van der Waals surface area contributed by atoms with E-state index in [9.17, 15) is 4.79 Å². The molecule has 0 aromatic carbocycles. The Bertz CT molecular complexity index is 301. The number of aromatic amines is 1. The molecule has 1 atom stereocenters. The second-order valence-corrected chi connectivity index (χ2v) is 2.73. The van der Waals surface area contributed by atoms with Gasteiger partial charge in [0.2, 0.25) is 0 Å². The summed E-state index contributed by atoms with van der Waals surface area (Å²) in [6.45, 7) is 3.65. The van der Waals surface area contributed by atoms with Crippen LogP contribution in [0.25, 0.3) is 0 Å². The molecule has 0 spiro atoms. The van der Waals surface area contributed by atoms with Gasteiger partial charge < -0.3 is 10.7 Å². The molecule has 0 aliphatic rings. The van der Waals surface area contributed by atoms with Crippen molar-refractivity contribution < 1.29 is 0 Å². The lowest BCUT2D eigenvalue weighted by Crippen LogP contribution is -2.13. The molecule has 0 radical (unpaired) electrons. The minimum Gasteiger partial charge on any atom is -0.329 e. The van der Waals surface area contributed by atoms with Crippen LogP contribution in [-0.2, 0) is 0 Å². The van der Waals surface area contributed by atoms with Gasteiger partial charge in [-0.25, -0.2) is 0 Å². The fraction of sp³-hybridized carbons (Fsp3) is 0.375. The van der Waals surface area contributed by atoms with Crippen LogP contribution in [0.2, 0.25) is 0 Å². The summed E-state index contributed by atoms with van der Waals surface area (Å²) in [4.78, 5) is 13.5. The van der Waals surface area contributed by atoms with Crippen LogP contribution < -0.4 is 11.3 Å². The van der Waals surface area contributed by atoms with Gasteiger partial charge in [0.05, 0.1) is 0 Å². The molecule has 1 heterocycles. The van der Waals surface area contributed by atoms with Crippen LogP contribution in [-0.4, -0.2) is 4.98 Å². The molecule has 3 heteroatoms. The molecule has 1 unspecified atom stereocenters. The van der Waals surface area contributed by atoms with E-state index < -0.39 is 0 Å². The van der Waals surface area contributed by atoms with Crippen molar-refractivity contribution in [2.75, 3.05) is 0 Å². The van der Waals surface area contributed by atoms with E-state index in [1.54, 1.807) is 13.1 Å². The van der Waals surface area contributed by atoms with Crippen LogP contribution in [0, 0.1) is 6.92 Å². The zero-order chi connectivity index (χ0) is 8.43. The third-order valence-corrected chi connectivity index (χ3v) is 1.64. The summed E-state index contributed by atoms with van der Waals surface area (Å²) in [6.07, 6.45) is 1.65. The Morgan fingerprint density at radius 1 is 1.64 bits per heavy atom. The van der Waals surface area contributed by atoms with Gasteiger partial charge >= 0.3 is 0 Å². The van der Waals surface area contributed by atoms with Gasteiger partial charge in [0, 0.05) is 17.8 Å². The zero-order valence-electron chi connectivity index (χ0n) is 6.72. The van der Waals surface area contributed by atoms with E-state index in [2.05, 4.69) is 4.98 Å². The fourth-order valence-corrected chi connectivity index (χ4v) is 0.883. The van der Waals surface area contributed by atoms with Gasteiger partial charge in [-0.05, 0) is 25.5 Å². The van der Waals surface area contributed by atoms with Crippen LogP contribution in [0.5, 0.6) is 0 Å². The van der Waals surface area contributed by atoms with Crippen molar-refractivity contribution in [1.29, 1.82) is 0 Å². The number of aryl methyl sites for hydroxylation is 1. The molecular weight excluding hydrogens is 140 g/mol. The highest BCUT2D eigenvalue weighted by Crippen LogP contribution is 2.06. The van der Waals surface area contributed by atoms with Crippen LogP contribution in [0.1, 0.15) is 24.1 Å². The van der Waals surface area contributed by atoms with E-state index in [4.69, 9.17) is 5.73 Å². The summed E-state index contributed by atoms with van der Waals surface area (Å²) in [5.41, 5.74) is 7.23. The Kier molecular flexibility index (Phi) is 2.10. The normalized spacial score (nSPS) is 13.0. The first-order chi connectivity index (χ1) is 5.11. The topological polar surface area (TPSA) is 58.9 Å². The number of nitrogens with two attached hydrogens (primary N) is 1. The lowest BCUT2D eigenvalue weighted by atomic mass is 10.1. The fourth-order valence-electron chi connectivity index (χ4n) is 0.883. The summed E-state index contributed by atoms with van der Waals surface area (Å²) in [6, 6.07) is 1.79. The molecule has 1 aromatic rings. The summed E-state index contributed by atoms with van der Waals surface area (Å²) in [5, 5.41) is 0. The smallest absolute Gasteiger partial charge is 0.250 e. The lowest BCUT2D eigenvalue weighted by molar-refractivity contribution is 0.807. The molecule has 3 N–H and O–H groups in total. The first kappa shape index (κ1) is 8.01. The maximum absolute atomic E-state index is 10.9. The molecule has 0 fully saturated rings. The largest absolute Gasteiger partial charge is 0.329 e. The van der Waals surface area contributed by atoms with E-state index in [1.807, 2.05) is 13.0 Å². The van der Waals surface area contributed by atoms with E-state index >= 15 is 0 Å². The highest BCUT2D eigenvalue weighted by Gasteiger charge is 2.00. The number of rotatable bonds is 1. The van der Waals surface area contributed by atoms with E-state index in [-0.39, 0.29) is 11.6 Å². The van der Waals surface area contributed by atoms with Crippen molar-refractivity contribution in [3.63, 3.8) is 0 Å². The minimum atomic E-state index is -0.0469. The molecule has 0 amide bonds. The van der Waals surface area contributed by atoms with Crippen LogP contribution in [0.15, 0.2) is 17.1 Å². The van der Waals surface area contributed by atoms with Gasteiger partial charge in [-0.1, -0.05) is 0 Å². The number of nitrogens with one attached hydrogen (secondary N) is 1. The maximum Gasteiger partial charge on any atom is 0.250 e. The second kappa shape index (κ2) is 2.88. The van der Waals surface area contributed by atoms with Gasteiger partial charge in [0.15, 0.2) is 0 Å². The third kappa shape index (κ3) is 1.68. The zero-order valence-corrected chi connectivity index (χ0v) is 6.72. The summed E-state index contributed by atoms with van der Waals surface area (Å²) < 4.78 is 0. The molecule has 1 aromatic heterocycles. The number of H-pyrrole nitrogens is 1. The average Bonchev–Trinajstić information content (AvgIpc) is 1.94. The molecule has 0 saturated carbocycles. The number of pyridine rings is 1. The minimum absolute atomic E-state index is 0.0226. The first-order valence-electron chi connectivity index (χ1n) is 3.56. The van der Waals surface area contributed by atoms with E-state index in [0.717, 1.165) is 5.56 Å². The molecule has 11 heavy (non-hydrogen) atoms. The molecule has 60 valence electrons. The van der Waals surface area contributed by atoms with E-state index in [1.165, 1.54) is 0 Å². The first-order valence-corrected chi connectivity index (χ1v) is 3.56. The average molecular weight is 152 g/mol. The Hall–Kier alpha value is -1.09. The predicted octanol–water partition coefficient (Wildman–Crippen LogP) is 0.703. The lowest BCUT2D eigenvalue weighted by Gasteiger charge is -2.04. The van der Waals surface area contributed by atoms with Crippen LogP contribution in [0.4, 0.5) is 0 Å². The molecule has 1 rings (SSSR count). The molecule has 0 aliphatic heterocycles. The van der Waals surface area contributed by atoms with Crippen molar-refractivity contribution in [3.05, 3.63) is 33.7 Å². The van der Waals surface area contributed by atoms with Crippen LogP contribution >= 0.6 is 0 Å².